The monoisotopic (exact) mass is 652 g/mol. The van der Waals surface area contributed by atoms with E-state index in [9.17, 15) is 0 Å². The van der Waals surface area contributed by atoms with Crippen molar-refractivity contribution in [2.75, 3.05) is 0 Å². The molecular formula is C35H44Cl2SiZr-2. The third kappa shape index (κ3) is 11.7. The molecule has 0 fully saturated rings. The van der Waals surface area contributed by atoms with Crippen molar-refractivity contribution in [3.63, 3.8) is 0 Å². The number of hydrogen-bond acceptors (Lipinski definition) is 0. The molecule has 1 unspecified atom stereocenters. The number of aryl methyl sites for hydroxylation is 2. The van der Waals surface area contributed by atoms with Gasteiger partial charge in [-0.3, -0.25) is 0 Å². The van der Waals surface area contributed by atoms with Gasteiger partial charge in [0.1, 0.15) is 0 Å². The maximum atomic E-state index is 2.36. The summed E-state index contributed by atoms with van der Waals surface area (Å²) >= 11 is 1.73. The van der Waals surface area contributed by atoms with Gasteiger partial charge < -0.3 is 24.8 Å². The van der Waals surface area contributed by atoms with E-state index in [1.165, 1.54) is 63.1 Å². The molecule has 1 aliphatic carbocycles. The van der Waals surface area contributed by atoms with Crippen molar-refractivity contribution in [2.24, 2.45) is 11.8 Å². The molecule has 0 radical (unpaired) electrons. The van der Waals surface area contributed by atoms with Crippen molar-refractivity contribution in [2.45, 2.75) is 72.8 Å². The van der Waals surface area contributed by atoms with E-state index in [0.717, 1.165) is 11.8 Å². The van der Waals surface area contributed by atoms with Crippen LogP contribution in [0.5, 0.6) is 0 Å². The van der Waals surface area contributed by atoms with Crippen LogP contribution in [0, 0.1) is 25.7 Å². The summed E-state index contributed by atoms with van der Waals surface area (Å²) in [6.45, 7) is 15.7. The Kier molecular flexibility index (Phi) is 15.6. The van der Waals surface area contributed by atoms with Gasteiger partial charge in [0.2, 0.25) is 0 Å². The Hall–Kier alpha value is -1.18. The van der Waals surface area contributed by atoms with E-state index in [2.05, 4.69) is 133 Å². The van der Waals surface area contributed by atoms with Gasteiger partial charge in [-0.2, -0.15) is 12.1 Å². The molecule has 0 nitrogen and oxygen atoms in total. The van der Waals surface area contributed by atoms with Gasteiger partial charge in [-0.15, -0.1) is 81.2 Å². The summed E-state index contributed by atoms with van der Waals surface area (Å²) in [6, 6.07) is 22.6. The summed E-state index contributed by atoms with van der Waals surface area (Å²) in [5.74, 6) is 1.48. The van der Waals surface area contributed by atoms with Crippen LogP contribution in [-0.4, -0.2) is 6.16 Å². The zero-order valence-electron chi connectivity index (χ0n) is 24.7. The van der Waals surface area contributed by atoms with E-state index in [4.69, 9.17) is 0 Å². The van der Waals surface area contributed by atoms with Crippen LogP contribution in [0.25, 0.3) is 21.5 Å². The first-order chi connectivity index (χ1) is 17.6. The van der Waals surface area contributed by atoms with Gasteiger partial charge in [0.05, 0.1) is 0 Å². The smallest absolute Gasteiger partial charge is 0.0271 e. The molecular weight excluding hydrogens is 611 g/mol. The van der Waals surface area contributed by atoms with E-state index < -0.39 is 0 Å². The van der Waals surface area contributed by atoms with E-state index in [0.29, 0.717) is 11.2 Å². The number of allylic oxidation sites excluding steroid dienone is 4. The van der Waals surface area contributed by atoms with E-state index in [1.54, 1.807) is 23.3 Å². The molecule has 0 saturated carbocycles. The molecule has 0 heterocycles. The van der Waals surface area contributed by atoms with Gasteiger partial charge in [-0.1, -0.05) is 52.7 Å². The summed E-state index contributed by atoms with van der Waals surface area (Å²) in [7, 11) is 0. The van der Waals surface area contributed by atoms with Crippen LogP contribution in [0.1, 0.15) is 63.3 Å². The normalized spacial score (nSPS) is 15.8. The first-order valence-electron chi connectivity index (χ1n) is 13.7. The van der Waals surface area contributed by atoms with Crippen molar-refractivity contribution >= 4 is 27.7 Å². The van der Waals surface area contributed by atoms with Crippen LogP contribution in [0.4, 0.5) is 0 Å². The second kappa shape index (κ2) is 16.9. The number of rotatable bonds is 5. The molecule has 1 aliphatic rings. The second-order valence-electron chi connectivity index (χ2n) is 11.8. The van der Waals surface area contributed by atoms with Gasteiger partial charge in [0.25, 0.3) is 0 Å². The average molecular weight is 655 g/mol. The number of halogens is 2. The standard InChI is InChI=1S/2C14H17.C7H10Si.2ClH.Zr/c2*1-10(2)6-12-4-5-13-7-11(3)8-14(13)9-12;1-7(8)5-3-2-4-6-7;;;/h2*4-5,7-10H,6H2,1-3H3;2-5,8H,6H2,1H3;2*1H;/q2*-1;;;;+2/p-2. The van der Waals surface area contributed by atoms with Crippen LogP contribution < -0.4 is 24.8 Å². The summed E-state index contributed by atoms with van der Waals surface area (Å²) in [5, 5.41) is 6.10. The maximum Gasteiger partial charge on any atom is -0.0271 e. The third-order valence-corrected chi connectivity index (χ3v) is 12.7. The molecule has 1 atom stereocenters. The summed E-state index contributed by atoms with van der Waals surface area (Å²) in [6.07, 6.45) is 13.3. The predicted molar refractivity (Wildman–Crippen MR) is 164 cm³/mol. The van der Waals surface area contributed by atoms with Crippen molar-refractivity contribution in [1.29, 1.82) is 0 Å². The molecule has 5 rings (SSSR count). The minimum absolute atomic E-state index is 0. The first kappa shape index (κ1) is 35.8. The van der Waals surface area contributed by atoms with E-state index >= 15 is 0 Å². The molecule has 0 aliphatic heterocycles. The Morgan fingerprint density at radius 2 is 1.23 bits per heavy atom. The fraction of sp³-hybridized carbons (Fsp3) is 0.371. The minimum Gasteiger partial charge on any atom is -1.00 e. The van der Waals surface area contributed by atoms with E-state index in [1.807, 2.05) is 0 Å². The predicted octanol–water partition coefficient (Wildman–Crippen LogP) is 3.72. The first-order valence-corrected chi connectivity index (χ1v) is 19.2. The molecule has 39 heavy (non-hydrogen) atoms. The van der Waals surface area contributed by atoms with Crippen LogP contribution in [0.3, 0.4) is 0 Å². The largest absolute Gasteiger partial charge is 1.00 e. The molecule has 0 saturated heterocycles. The molecule has 208 valence electrons. The maximum absolute atomic E-state index is 2.36. The van der Waals surface area contributed by atoms with Gasteiger partial charge >= 0.3 is 72.2 Å². The van der Waals surface area contributed by atoms with Gasteiger partial charge in [0.15, 0.2) is 0 Å². The van der Waals surface area contributed by atoms with Crippen molar-refractivity contribution in [3.8, 4) is 0 Å². The Bertz CT molecular complexity index is 1290. The molecule has 0 spiro atoms. The van der Waals surface area contributed by atoms with Crippen molar-refractivity contribution in [1.82, 2.24) is 0 Å². The van der Waals surface area contributed by atoms with Crippen LogP contribution in [0.15, 0.2) is 85.0 Å². The Balaban J connectivity index is 0.000000292. The third-order valence-electron chi connectivity index (χ3n) is 6.73. The molecule has 0 amide bonds. The van der Waals surface area contributed by atoms with Crippen molar-refractivity contribution in [3.05, 3.63) is 107 Å². The Morgan fingerprint density at radius 3 is 1.56 bits per heavy atom. The zero-order valence-corrected chi connectivity index (χ0v) is 29.8. The molecule has 0 aromatic heterocycles. The average Bonchev–Trinajstić information content (AvgIpc) is 3.39. The van der Waals surface area contributed by atoms with Gasteiger partial charge in [0, 0.05) is 0 Å². The Labute approximate surface area is 265 Å². The fourth-order valence-corrected chi connectivity index (χ4v) is 6.91. The molecule has 0 N–H and O–H groups in total. The molecule has 4 aromatic rings. The molecule has 4 heteroatoms. The van der Waals surface area contributed by atoms with Crippen LogP contribution in [-0.2, 0) is 36.2 Å². The topological polar surface area (TPSA) is 0 Å². The van der Waals surface area contributed by atoms with Gasteiger partial charge in [-0.05, 0) is 24.7 Å². The molecule has 4 aromatic carbocycles. The van der Waals surface area contributed by atoms with Gasteiger partial charge in [-0.25, -0.2) is 0 Å². The molecule has 0 bridgehead atoms. The number of benzene rings is 2. The zero-order chi connectivity index (χ0) is 27.0. The number of hydrogen-bond donors (Lipinski definition) is 0. The minimum atomic E-state index is 0. The van der Waals surface area contributed by atoms with Crippen molar-refractivity contribution < 1.29 is 48.1 Å². The summed E-state index contributed by atoms with van der Waals surface area (Å²) in [5.41, 5.74) is 5.64. The van der Waals surface area contributed by atoms with E-state index in [-0.39, 0.29) is 24.8 Å². The quantitative estimate of drug-likeness (QED) is 0.228. The Morgan fingerprint density at radius 1 is 0.769 bits per heavy atom. The summed E-state index contributed by atoms with van der Waals surface area (Å²) in [4.78, 5) is 0. The number of fused-ring (bicyclic) bond motifs is 2. The van der Waals surface area contributed by atoms with Crippen LogP contribution >= 0.6 is 0 Å². The SMILES string of the molecule is CC1([SiH]=[Zr+2])C=CC=CC1.Cc1cc2cc(CC(C)C)ccc2[cH-]1.Cc1cc2cc(CC(C)C)ccc2[cH-]1.[Cl-].[Cl-]. The summed E-state index contributed by atoms with van der Waals surface area (Å²) < 4.78 is 0. The second-order valence-corrected chi connectivity index (χ2v) is 15.6. The fourth-order valence-electron chi connectivity index (χ4n) is 4.87. The van der Waals surface area contributed by atoms with Crippen LogP contribution in [0.2, 0.25) is 5.04 Å².